The third-order valence-electron chi connectivity index (χ3n) is 2.22. The number of aryl methyl sites for hydroxylation is 1. The molecule has 0 aromatic heterocycles. The molecule has 1 N–H and O–H groups in total. The van der Waals surface area contributed by atoms with Crippen molar-refractivity contribution in [1.29, 1.82) is 0 Å². The number of aromatic carboxylic acids is 1. The van der Waals surface area contributed by atoms with Crippen LogP contribution in [0.25, 0.3) is 0 Å². The van der Waals surface area contributed by atoms with Crippen molar-refractivity contribution >= 4 is 11.8 Å². The van der Waals surface area contributed by atoms with E-state index in [0.717, 1.165) is 5.56 Å². The van der Waals surface area contributed by atoms with Gasteiger partial charge in [0.25, 0.3) is 0 Å². The molecule has 1 rings (SSSR count). The zero-order valence-corrected chi connectivity index (χ0v) is 8.69. The maximum absolute atomic E-state index is 10.9. The Bertz CT molecular complexity index is 369. The lowest BCUT2D eigenvalue weighted by atomic mass is 10.0. The van der Waals surface area contributed by atoms with Gasteiger partial charge in [-0.15, -0.1) is 0 Å². The van der Waals surface area contributed by atoms with Crippen LogP contribution in [0.5, 0.6) is 0 Å². The molecule has 1 aromatic carbocycles. The molecule has 15 heavy (non-hydrogen) atoms. The van der Waals surface area contributed by atoms with Gasteiger partial charge in [0.1, 0.15) is 5.78 Å². The molecule has 1 aromatic rings. The van der Waals surface area contributed by atoms with E-state index < -0.39 is 5.97 Å². The molecule has 0 bridgehead atoms. The molecule has 3 nitrogen and oxygen atoms in total. The van der Waals surface area contributed by atoms with Crippen molar-refractivity contribution in [3.8, 4) is 0 Å². The number of rotatable bonds is 5. The van der Waals surface area contributed by atoms with Gasteiger partial charge in [-0.05, 0) is 31.4 Å². The average molecular weight is 206 g/mol. The van der Waals surface area contributed by atoms with Crippen molar-refractivity contribution in [2.24, 2.45) is 0 Å². The number of hydrogen-bond donors (Lipinski definition) is 1. The first-order valence-electron chi connectivity index (χ1n) is 4.92. The van der Waals surface area contributed by atoms with Crippen LogP contribution in [0, 0.1) is 0 Å². The molecule has 0 saturated carbocycles. The Hall–Kier alpha value is -1.64. The lowest BCUT2D eigenvalue weighted by Gasteiger charge is -2.04. The van der Waals surface area contributed by atoms with Crippen LogP contribution in [0.3, 0.4) is 0 Å². The summed E-state index contributed by atoms with van der Waals surface area (Å²) in [7, 11) is 0. The van der Waals surface area contributed by atoms with Crippen LogP contribution >= 0.6 is 0 Å². The summed E-state index contributed by atoms with van der Waals surface area (Å²) in [4.78, 5) is 21.6. The summed E-state index contributed by atoms with van der Waals surface area (Å²) in [5, 5.41) is 8.91. The third-order valence-corrected chi connectivity index (χ3v) is 2.22. The molecule has 0 spiro atoms. The molecule has 0 fully saturated rings. The monoisotopic (exact) mass is 206 g/mol. The summed E-state index contributed by atoms with van der Waals surface area (Å²) >= 11 is 0. The van der Waals surface area contributed by atoms with E-state index in [1.165, 1.54) is 0 Å². The van der Waals surface area contributed by atoms with E-state index in [9.17, 15) is 9.59 Å². The van der Waals surface area contributed by atoms with Gasteiger partial charge in [0.15, 0.2) is 0 Å². The van der Waals surface area contributed by atoms with Crippen LogP contribution in [0.15, 0.2) is 24.3 Å². The van der Waals surface area contributed by atoms with Gasteiger partial charge >= 0.3 is 5.97 Å². The number of carboxylic acids is 1. The van der Waals surface area contributed by atoms with E-state index in [1.54, 1.807) is 25.1 Å². The highest BCUT2D eigenvalue weighted by atomic mass is 16.4. The van der Waals surface area contributed by atoms with E-state index in [0.29, 0.717) is 24.8 Å². The SMILES string of the molecule is CC(=O)CCCc1ccccc1C(=O)O. The number of carbonyl (C=O) groups is 2. The van der Waals surface area contributed by atoms with Gasteiger partial charge in [-0.1, -0.05) is 18.2 Å². The minimum atomic E-state index is -0.909. The Morgan fingerprint density at radius 3 is 2.53 bits per heavy atom. The van der Waals surface area contributed by atoms with Crippen LogP contribution in [-0.2, 0) is 11.2 Å². The smallest absolute Gasteiger partial charge is 0.335 e. The van der Waals surface area contributed by atoms with Crippen LogP contribution < -0.4 is 0 Å². The molecular formula is C12H14O3. The maximum Gasteiger partial charge on any atom is 0.335 e. The number of hydrogen-bond acceptors (Lipinski definition) is 2. The lowest BCUT2D eigenvalue weighted by Crippen LogP contribution is -2.02. The van der Waals surface area contributed by atoms with Crippen LogP contribution in [0.1, 0.15) is 35.7 Å². The quantitative estimate of drug-likeness (QED) is 0.804. The Morgan fingerprint density at radius 2 is 1.93 bits per heavy atom. The predicted octanol–water partition coefficient (Wildman–Crippen LogP) is 2.30. The Balaban J connectivity index is 2.67. The summed E-state index contributed by atoms with van der Waals surface area (Å²) in [6, 6.07) is 6.91. The van der Waals surface area contributed by atoms with Crippen molar-refractivity contribution in [1.82, 2.24) is 0 Å². The van der Waals surface area contributed by atoms with Crippen LogP contribution in [0.4, 0.5) is 0 Å². The van der Waals surface area contributed by atoms with Gasteiger partial charge in [0.05, 0.1) is 5.56 Å². The molecule has 0 amide bonds. The van der Waals surface area contributed by atoms with Crippen LogP contribution in [0.2, 0.25) is 0 Å². The van der Waals surface area contributed by atoms with E-state index in [-0.39, 0.29) is 5.78 Å². The van der Waals surface area contributed by atoms with E-state index in [1.807, 2.05) is 6.07 Å². The number of benzene rings is 1. The number of carbonyl (C=O) groups excluding carboxylic acids is 1. The Morgan fingerprint density at radius 1 is 1.27 bits per heavy atom. The fourth-order valence-corrected chi connectivity index (χ4v) is 1.47. The largest absolute Gasteiger partial charge is 0.478 e. The second-order valence-corrected chi connectivity index (χ2v) is 3.52. The maximum atomic E-state index is 10.9. The predicted molar refractivity (Wildman–Crippen MR) is 57.0 cm³/mol. The van der Waals surface area contributed by atoms with Crippen molar-refractivity contribution < 1.29 is 14.7 Å². The molecule has 0 saturated heterocycles. The molecule has 0 aliphatic carbocycles. The molecule has 0 heterocycles. The van der Waals surface area contributed by atoms with E-state index in [4.69, 9.17) is 5.11 Å². The van der Waals surface area contributed by atoms with Crippen LogP contribution in [-0.4, -0.2) is 16.9 Å². The van der Waals surface area contributed by atoms with E-state index >= 15 is 0 Å². The van der Waals surface area contributed by atoms with Gasteiger partial charge in [0, 0.05) is 6.42 Å². The van der Waals surface area contributed by atoms with Gasteiger partial charge in [-0.25, -0.2) is 4.79 Å². The summed E-state index contributed by atoms with van der Waals surface area (Å²) < 4.78 is 0. The normalized spacial score (nSPS) is 9.93. The van der Waals surface area contributed by atoms with Gasteiger partial charge in [-0.3, -0.25) is 0 Å². The van der Waals surface area contributed by atoms with Gasteiger partial charge in [-0.2, -0.15) is 0 Å². The Labute approximate surface area is 88.7 Å². The highest BCUT2D eigenvalue weighted by molar-refractivity contribution is 5.89. The fourth-order valence-electron chi connectivity index (χ4n) is 1.47. The Kier molecular flexibility index (Phi) is 4.03. The first kappa shape index (κ1) is 11.4. The molecule has 80 valence electrons. The third kappa shape index (κ3) is 3.54. The number of carboxylic acid groups (broad SMARTS) is 1. The minimum Gasteiger partial charge on any atom is -0.478 e. The fraction of sp³-hybridized carbons (Fsp3) is 0.333. The minimum absolute atomic E-state index is 0.141. The number of ketones is 1. The van der Waals surface area contributed by atoms with Crippen molar-refractivity contribution in [3.05, 3.63) is 35.4 Å². The molecule has 0 unspecified atom stereocenters. The van der Waals surface area contributed by atoms with Crippen molar-refractivity contribution in [3.63, 3.8) is 0 Å². The molecule has 0 atom stereocenters. The summed E-state index contributed by atoms with van der Waals surface area (Å²) in [6.07, 6.45) is 1.86. The molecule has 0 radical (unpaired) electrons. The number of Topliss-reactive ketones (excluding diaryl/α,β-unsaturated/α-hetero) is 1. The summed E-state index contributed by atoms with van der Waals surface area (Å²) in [5.74, 6) is -0.767. The highest BCUT2D eigenvalue weighted by Gasteiger charge is 2.08. The first-order chi connectivity index (χ1) is 7.11. The molecule has 0 aliphatic rings. The molecule has 3 heteroatoms. The van der Waals surface area contributed by atoms with Crippen molar-refractivity contribution in [2.75, 3.05) is 0 Å². The average Bonchev–Trinajstić information content (AvgIpc) is 2.17. The molecule has 0 aliphatic heterocycles. The standard InChI is InChI=1S/C12H14O3/c1-9(13)5-4-7-10-6-2-3-8-11(10)12(14)15/h2-3,6,8H,4-5,7H2,1H3,(H,14,15). The second kappa shape index (κ2) is 5.29. The second-order valence-electron chi connectivity index (χ2n) is 3.52. The van der Waals surface area contributed by atoms with E-state index in [2.05, 4.69) is 0 Å². The summed E-state index contributed by atoms with van der Waals surface area (Å²) in [6.45, 7) is 1.54. The topological polar surface area (TPSA) is 54.4 Å². The van der Waals surface area contributed by atoms with Crippen molar-refractivity contribution in [2.45, 2.75) is 26.2 Å². The zero-order valence-electron chi connectivity index (χ0n) is 8.69. The zero-order chi connectivity index (χ0) is 11.3. The molecular weight excluding hydrogens is 192 g/mol. The van der Waals surface area contributed by atoms with Gasteiger partial charge in [0.2, 0.25) is 0 Å². The first-order valence-corrected chi connectivity index (χ1v) is 4.92. The van der Waals surface area contributed by atoms with Gasteiger partial charge < -0.3 is 9.90 Å². The lowest BCUT2D eigenvalue weighted by molar-refractivity contribution is -0.117. The summed E-state index contributed by atoms with van der Waals surface area (Å²) in [5.41, 5.74) is 1.13. The highest BCUT2D eigenvalue weighted by Crippen LogP contribution is 2.12.